The summed E-state index contributed by atoms with van der Waals surface area (Å²) in [6.45, 7) is -7.50. The van der Waals surface area contributed by atoms with Crippen LogP contribution in [0.25, 0.3) is 0 Å². The molecule has 0 saturated carbocycles. The van der Waals surface area contributed by atoms with E-state index in [1.165, 1.54) is 0 Å². The molecule has 0 amide bonds. The quantitative estimate of drug-likeness (QED) is 0.358. The van der Waals surface area contributed by atoms with Crippen LogP contribution in [0, 0.1) is 0 Å². The molecule has 3 nitrogen and oxygen atoms in total. The molecular formula is C2H5F6O3PSi. The van der Waals surface area contributed by atoms with Crippen LogP contribution in [0.4, 0.5) is 26.3 Å². The minimum atomic E-state index is -7.50. The fourth-order valence-corrected chi connectivity index (χ4v) is 3.78. The van der Waals surface area contributed by atoms with Gasteiger partial charge in [0.25, 0.3) is 0 Å². The van der Waals surface area contributed by atoms with Gasteiger partial charge in [-0.3, -0.25) is 0 Å². The van der Waals surface area contributed by atoms with E-state index in [9.17, 15) is 26.3 Å². The molecule has 0 aromatic heterocycles. The summed E-state index contributed by atoms with van der Waals surface area (Å²) in [5.74, 6) is -11.4. The number of hydrogen-bond acceptors (Lipinski definition) is 3. The Morgan fingerprint density at radius 1 is 0.846 bits per heavy atom. The van der Waals surface area contributed by atoms with Crippen molar-refractivity contribution in [1.29, 1.82) is 0 Å². The summed E-state index contributed by atoms with van der Waals surface area (Å²) in [7, 11) is -4.45. The third-order valence-electron chi connectivity index (χ3n) is 0.990. The Bertz CT molecular complexity index is 201. The Kier molecular flexibility index (Phi) is 2.82. The maximum atomic E-state index is 11.6. The molecular weight excluding hydrogens is 245 g/mol. The van der Waals surface area contributed by atoms with Gasteiger partial charge in [-0.2, -0.15) is 0 Å². The fourth-order valence-electron chi connectivity index (χ4n) is 0.420. The van der Waals surface area contributed by atoms with Crippen molar-refractivity contribution >= 4 is 16.0 Å². The van der Waals surface area contributed by atoms with Gasteiger partial charge in [0.2, 0.25) is 0 Å². The molecule has 0 heterocycles. The molecule has 82 valence electrons. The molecule has 11 heteroatoms. The molecule has 0 fully saturated rings. The van der Waals surface area contributed by atoms with Crippen LogP contribution in [0.5, 0.6) is 0 Å². The second-order valence-corrected chi connectivity index (χ2v) is 10.8. The molecule has 0 aliphatic heterocycles. The molecule has 0 bridgehead atoms. The van der Waals surface area contributed by atoms with E-state index in [0.29, 0.717) is 0 Å². The zero-order valence-electron chi connectivity index (χ0n) is 5.76. The van der Waals surface area contributed by atoms with Crippen LogP contribution in [0.2, 0.25) is 0 Å². The zero-order valence-corrected chi connectivity index (χ0v) is 8.07. The van der Waals surface area contributed by atoms with Crippen molar-refractivity contribution in [2.24, 2.45) is 0 Å². The molecule has 3 N–H and O–H groups in total. The molecule has 0 spiro atoms. The Hall–Kier alpha value is 0.107. The zero-order chi connectivity index (χ0) is 11.2. The van der Waals surface area contributed by atoms with Crippen molar-refractivity contribution in [1.82, 2.24) is 0 Å². The average molecular weight is 250 g/mol. The van der Waals surface area contributed by atoms with Crippen molar-refractivity contribution < 1.29 is 41.0 Å². The summed E-state index contributed by atoms with van der Waals surface area (Å²) >= 11 is 0. The van der Waals surface area contributed by atoms with Gasteiger partial charge in [-0.15, -0.1) is 0 Å². The minimum absolute atomic E-state index is 4.45. The molecule has 0 aliphatic rings. The second kappa shape index (κ2) is 2.80. The Morgan fingerprint density at radius 3 is 1.23 bits per heavy atom. The van der Waals surface area contributed by atoms with Gasteiger partial charge in [0.05, 0.1) is 0 Å². The van der Waals surface area contributed by atoms with E-state index in [1.807, 2.05) is 0 Å². The fraction of sp³-hybridized carbons (Fsp3) is 1.00. The van der Waals surface area contributed by atoms with Gasteiger partial charge in [0.1, 0.15) is 0 Å². The first-order valence-electron chi connectivity index (χ1n) is 2.63. The standard InChI is InChI=1S/C2H5F6O3PSi/c3-1(4,5)12(9,10,11)13-2(6,7)8/h9-11H,13H2. The number of rotatable bonds is 1. The summed E-state index contributed by atoms with van der Waals surface area (Å²) in [5, 5.41) is 0. The van der Waals surface area contributed by atoms with E-state index < -0.39 is 27.7 Å². The molecule has 0 aromatic rings. The Labute approximate surface area is 69.8 Å². The van der Waals surface area contributed by atoms with Crippen LogP contribution in [0.15, 0.2) is 0 Å². The summed E-state index contributed by atoms with van der Waals surface area (Å²) < 4.78 is 69.1. The van der Waals surface area contributed by atoms with Crippen LogP contribution >= 0.6 is 6.83 Å². The van der Waals surface area contributed by atoms with E-state index in [1.54, 1.807) is 0 Å². The first kappa shape index (κ1) is 13.1. The molecule has 0 radical (unpaired) electrons. The van der Waals surface area contributed by atoms with E-state index in [0.717, 1.165) is 0 Å². The van der Waals surface area contributed by atoms with Crippen LogP contribution in [0.3, 0.4) is 0 Å². The molecule has 0 saturated heterocycles. The topological polar surface area (TPSA) is 60.7 Å². The number of alkyl halides is 6. The van der Waals surface area contributed by atoms with Crippen LogP contribution in [0.1, 0.15) is 0 Å². The van der Waals surface area contributed by atoms with Gasteiger partial charge in [-0.05, 0) is 0 Å². The predicted octanol–water partition coefficient (Wildman–Crippen LogP) is 0.385. The third kappa shape index (κ3) is 3.39. The monoisotopic (exact) mass is 250 g/mol. The van der Waals surface area contributed by atoms with Crippen LogP contribution in [-0.2, 0) is 0 Å². The molecule has 0 rings (SSSR count). The van der Waals surface area contributed by atoms with E-state index >= 15 is 0 Å². The normalized spacial score (nSPS) is 19.0. The summed E-state index contributed by atoms with van der Waals surface area (Å²) in [6.07, 6.45) is 0. The molecule has 0 aromatic carbocycles. The van der Waals surface area contributed by atoms with Crippen molar-refractivity contribution in [2.75, 3.05) is 0 Å². The molecule has 0 atom stereocenters. The van der Waals surface area contributed by atoms with E-state index in [4.69, 9.17) is 14.7 Å². The SMILES string of the molecule is OP(O)(O)([SiH2]C(F)(F)F)C(F)(F)F. The van der Waals surface area contributed by atoms with Gasteiger partial charge in [0.15, 0.2) is 0 Å². The summed E-state index contributed by atoms with van der Waals surface area (Å²) in [6, 6.07) is 0. The first-order chi connectivity index (χ1) is 5.24. The van der Waals surface area contributed by atoms with Crippen molar-refractivity contribution in [2.45, 2.75) is 11.7 Å². The third-order valence-corrected chi connectivity index (χ3v) is 6.87. The van der Waals surface area contributed by atoms with E-state index in [-0.39, 0.29) is 0 Å². The molecule has 0 aliphatic carbocycles. The maximum absolute atomic E-state index is 11.6. The van der Waals surface area contributed by atoms with E-state index in [2.05, 4.69) is 0 Å². The Balaban J connectivity index is 4.93. The van der Waals surface area contributed by atoms with Crippen molar-refractivity contribution in [3.63, 3.8) is 0 Å². The Morgan fingerprint density at radius 2 is 1.15 bits per heavy atom. The van der Waals surface area contributed by atoms with Gasteiger partial charge >= 0.3 is 68.8 Å². The molecule has 0 unspecified atom stereocenters. The summed E-state index contributed by atoms with van der Waals surface area (Å²) in [5.41, 5.74) is 0. The van der Waals surface area contributed by atoms with Gasteiger partial charge in [-0.1, -0.05) is 0 Å². The summed E-state index contributed by atoms with van der Waals surface area (Å²) in [4.78, 5) is 24.3. The average Bonchev–Trinajstić information content (AvgIpc) is 1.48. The number of hydrogen-bond donors (Lipinski definition) is 3. The predicted molar refractivity (Wildman–Crippen MR) is 34.2 cm³/mol. The van der Waals surface area contributed by atoms with Gasteiger partial charge < -0.3 is 0 Å². The number of halogens is 6. The van der Waals surface area contributed by atoms with Crippen molar-refractivity contribution in [3.05, 3.63) is 0 Å². The van der Waals surface area contributed by atoms with Crippen LogP contribution in [-0.4, -0.2) is 35.6 Å². The van der Waals surface area contributed by atoms with Gasteiger partial charge in [-0.25, -0.2) is 0 Å². The second-order valence-electron chi connectivity index (χ2n) is 2.39. The van der Waals surface area contributed by atoms with Crippen molar-refractivity contribution in [3.8, 4) is 0 Å². The van der Waals surface area contributed by atoms with Gasteiger partial charge in [0, 0.05) is 0 Å². The first-order valence-corrected chi connectivity index (χ1v) is 7.51. The molecule has 13 heavy (non-hydrogen) atoms. The van der Waals surface area contributed by atoms with Crippen LogP contribution < -0.4 is 0 Å².